The van der Waals surface area contributed by atoms with Crippen molar-refractivity contribution in [2.45, 2.75) is 13.0 Å². The molecule has 1 aromatic heterocycles. The zero-order valence-electron chi connectivity index (χ0n) is 10.1. The van der Waals surface area contributed by atoms with E-state index in [0.717, 1.165) is 6.07 Å². The predicted molar refractivity (Wildman–Crippen MR) is 71.4 cm³/mol. The second-order valence-electron chi connectivity index (χ2n) is 4.04. The number of hydrogen-bond acceptors (Lipinski definition) is 3. The van der Waals surface area contributed by atoms with Gasteiger partial charge in [0.25, 0.3) is 0 Å². The Morgan fingerprint density at radius 3 is 2.89 bits per heavy atom. The minimum absolute atomic E-state index is 0.166. The van der Waals surface area contributed by atoms with Gasteiger partial charge in [0.05, 0.1) is 22.6 Å². The lowest BCUT2D eigenvalue weighted by Gasteiger charge is -2.13. The molecule has 0 aliphatic carbocycles. The molecular formula is C12H12ClFN4O. The van der Waals surface area contributed by atoms with Crippen molar-refractivity contribution in [1.82, 2.24) is 9.78 Å². The molecule has 0 fully saturated rings. The zero-order chi connectivity index (χ0) is 14.0. The highest BCUT2D eigenvalue weighted by Gasteiger charge is 2.16. The van der Waals surface area contributed by atoms with Crippen molar-refractivity contribution in [1.29, 1.82) is 0 Å². The van der Waals surface area contributed by atoms with Crippen molar-refractivity contribution in [3.63, 3.8) is 0 Å². The van der Waals surface area contributed by atoms with Gasteiger partial charge in [0, 0.05) is 6.20 Å². The fraction of sp³-hybridized carbons (Fsp3) is 0.167. The molecule has 1 aromatic carbocycles. The molecule has 0 aliphatic rings. The van der Waals surface area contributed by atoms with E-state index in [9.17, 15) is 9.18 Å². The predicted octanol–water partition coefficient (Wildman–Crippen LogP) is 2.46. The molecule has 0 saturated carbocycles. The number of nitrogen functional groups attached to an aromatic ring is 1. The summed E-state index contributed by atoms with van der Waals surface area (Å²) in [6.45, 7) is 1.67. The molecule has 0 radical (unpaired) electrons. The molecule has 1 unspecified atom stereocenters. The summed E-state index contributed by atoms with van der Waals surface area (Å²) in [6, 6.07) is 3.22. The highest BCUT2D eigenvalue weighted by molar-refractivity contribution is 6.30. The lowest BCUT2D eigenvalue weighted by molar-refractivity contribution is -0.119. The number of aromatic nitrogens is 2. The largest absolute Gasteiger partial charge is 0.397 e. The maximum atomic E-state index is 12.9. The van der Waals surface area contributed by atoms with E-state index in [2.05, 4.69) is 10.4 Å². The van der Waals surface area contributed by atoms with Gasteiger partial charge in [-0.3, -0.25) is 9.48 Å². The summed E-state index contributed by atoms with van der Waals surface area (Å²) in [4.78, 5) is 12.0. The number of anilines is 2. The van der Waals surface area contributed by atoms with Crippen LogP contribution in [0.4, 0.5) is 15.8 Å². The molecule has 0 aliphatic heterocycles. The number of nitrogens with one attached hydrogen (secondary N) is 1. The smallest absolute Gasteiger partial charge is 0.249 e. The van der Waals surface area contributed by atoms with Gasteiger partial charge < -0.3 is 11.1 Å². The van der Waals surface area contributed by atoms with Crippen molar-refractivity contribution in [2.24, 2.45) is 0 Å². The Kier molecular flexibility index (Phi) is 3.71. The topological polar surface area (TPSA) is 72.9 Å². The fourth-order valence-corrected chi connectivity index (χ4v) is 1.68. The number of carbonyl (C=O) groups is 1. The molecule has 5 nitrogen and oxygen atoms in total. The number of hydrogen-bond donors (Lipinski definition) is 2. The highest BCUT2D eigenvalue weighted by atomic mass is 35.5. The van der Waals surface area contributed by atoms with Crippen LogP contribution in [0.15, 0.2) is 30.6 Å². The van der Waals surface area contributed by atoms with Gasteiger partial charge in [-0.2, -0.15) is 5.10 Å². The summed E-state index contributed by atoms with van der Waals surface area (Å²) in [6.07, 6.45) is 2.98. The molecule has 1 amide bonds. The normalized spacial score (nSPS) is 12.2. The van der Waals surface area contributed by atoms with Crippen LogP contribution in [0, 0.1) is 5.82 Å². The van der Waals surface area contributed by atoms with Crippen LogP contribution < -0.4 is 11.1 Å². The summed E-state index contributed by atoms with van der Waals surface area (Å²) in [5.41, 5.74) is 6.14. The number of halogens is 2. The Labute approximate surface area is 114 Å². The van der Waals surface area contributed by atoms with Crippen LogP contribution in [0.25, 0.3) is 0 Å². The number of nitrogens with zero attached hydrogens (tertiary/aromatic N) is 2. The monoisotopic (exact) mass is 282 g/mol. The molecule has 0 saturated heterocycles. The Hall–Kier alpha value is -2.08. The number of benzene rings is 1. The van der Waals surface area contributed by atoms with Crippen molar-refractivity contribution >= 4 is 28.9 Å². The van der Waals surface area contributed by atoms with Gasteiger partial charge in [-0.25, -0.2) is 4.39 Å². The van der Waals surface area contributed by atoms with E-state index in [1.54, 1.807) is 13.1 Å². The Balaban J connectivity index is 2.12. The van der Waals surface area contributed by atoms with E-state index in [0.29, 0.717) is 10.7 Å². The molecule has 100 valence electrons. The SMILES string of the molecule is CC(C(=O)Nc1ccc(F)cc1N)n1cc(Cl)cn1. The minimum atomic E-state index is -0.558. The van der Waals surface area contributed by atoms with E-state index in [1.165, 1.54) is 23.0 Å². The fourth-order valence-electron chi connectivity index (χ4n) is 1.53. The van der Waals surface area contributed by atoms with Gasteiger partial charge >= 0.3 is 0 Å². The number of carbonyl (C=O) groups excluding carboxylic acids is 1. The first-order valence-corrected chi connectivity index (χ1v) is 5.90. The third-order valence-electron chi connectivity index (χ3n) is 2.62. The summed E-state index contributed by atoms with van der Waals surface area (Å²) in [5, 5.41) is 7.00. The van der Waals surface area contributed by atoms with Crippen molar-refractivity contribution in [3.8, 4) is 0 Å². The lowest BCUT2D eigenvalue weighted by atomic mass is 10.2. The van der Waals surface area contributed by atoms with E-state index in [4.69, 9.17) is 17.3 Å². The van der Waals surface area contributed by atoms with Crippen LogP contribution in [0.2, 0.25) is 5.02 Å². The van der Waals surface area contributed by atoms with Crippen LogP contribution in [0.5, 0.6) is 0 Å². The number of amides is 1. The van der Waals surface area contributed by atoms with Gasteiger partial charge in [-0.05, 0) is 25.1 Å². The molecule has 7 heteroatoms. The molecular weight excluding hydrogens is 271 g/mol. The van der Waals surface area contributed by atoms with Gasteiger partial charge in [0.2, 0.25) is 5.91 Å². The van der Waals surface area contributed by atoms with Crippen LogP contribution in [-0.2, 0) is 4.79 Å². The standard InChI is InChI=1S/C12H12ClFN4O/c1-7(18-6-8(13)5-16-18)12(19)17-11-3-2-9(14)4-10(11)15/h2-7H,15H2,1H3,(H,17,19). The Bertz CT molecular complexity index is 614. The molecule has 1 atom stereocenters. The van der Waals surface area contributed by atoms with E-state index in [1.807, 2.05) is 0 Å². The van der Waals surface area contributed by atoms with Crippen molar-refractivity contribution in [3.05, 3.63) is 41.4 Å². The number of nitrogens with two attached hydrogens (primary N) is 1. The van der Waals surface area contributed by atoms with E-state index >= 15 is 0 Å². The van der Waals surface area contributed by atoms with Crippen LogP contribution in [-0.4, -0.2) is 15.7 Å². The average Bonchev–Trinajstić information content (AvgIpc) is 2.78. The molecule has 1 heterocycles. The first-order chi connectivity index (χ1) is 8.97. The van der Waals surface area contributed by atoms with Crippen LogP contribution in [0.1, 0.15) is 13.0 Å². The van der Waals surface area contributed by atoms with Crippen molar-refractivity contribution in [2.75, 3.05) is 11.1 Å². The van der Waals surface area contributed by atoms with E-state index < -0.39 is 11.9 Å². The molecule has 0 spiro atoms. The maximum Gasteiger partial charge on any atom is 0.249 e. The Morgan fingerprint density at radius 1 is 1.58 bits per heavy atom. The summed E-state index contributed by atoms with van der Waals surface area (Å²) >= 11 is 5.74. The van der Waals surface area contributed by atoms with Gasteiger partial charge in [-0.1, -0.05) is 11.6 Å². The number of rotatable bonds is 3. The summed E-state index contributed by atoms with van der Waals surface area (Å²) in [5.74, 6) is -0.777. The Morgan fingerprint density at radius 2 is 2.32 bits per heavy atom. The molecule has 19 heavy (non-hydrogen) atoms. The van der Waals surface area contributed by atoms with Crippen molar-refractivity contribution < 1.29 is 9.18 Å². The second kappa shape index (κ2) is 5.27. The van der Waals surface area contributed by atoms with Crippen LogP contribution in [0.3, 0.4) is 0 Å². The lowest BCUT2D eigenvalue weighted by Crippen LogP contribution is -2.24. The first kappa shape index (κ1) is 13.4. The van der Waals surface area contributed by atoms with Gasteiger partial charge in [0.1, 0.15) is 11.9 Å². The maximum absolute atomic E-state index is 12.9. The third-order valence-corrected chi connectivity index (χ3v) is 2.81. The zero-order valence-corrected chi connectivity index (χ0v) is 10.9. The van der Waals surface area contributed by atoms with Gasteiger partial charge in [-0.15, -0.1) is 0 Å². The molecule has 2 aromatic rings. The van der Waals surface area contributed by atoms with Crippen LogP contribution >= 0.6 is 11.6 Å². The quantitative estimate of drug-likeness (QED) is 0.849. The molecule has 0 bridgehead atoms. The molecule has 3 N–H and O–H groups in total. The second-order valence-corrected chi connectivity index (χ2v) is 4.47. The first-order valence-electron chi connectivity index (χ1n) is 5.53. The summed E-state index contributed by atoms with van der Waals surface area (Å²) in [7, 11) is 0. The molecule has 2 rings (SSSR count). The van der Waals surface area contributed by atoms with E-state index in [-0.39, 0.29) is 11.6 Å². The minimum Gasteiger partial charge on any atom is -0.397 e. The van der Waals surface area contributed by atoms with Gasteiger partial charge in [0.15, 0.2) is 0 Å². The highest BCUT2D eigenvalue weighted by Crippen LogP contribution is 2.20. The summed E-state index contributed by atoms with van der Waals surface area (Å²) < 4.78 is 14.3. The third kappa shape index (κ3) is 3.03. The average molecular weight is 283 g/mol.